The van der Waals surface area contributed by atoms with Gasteiger partial charge in [0.05, 0.1) is 13.2 Å². The molecular formula is C26H25FN4O. The largest absolute Gasteiger partial charge is 0.494 e. The third kappa shape index (κ3) is 3.51. The van der Waals surface area contributed by atoms with E-state index in [1.54, 1.807) is 19.2 Å². The number of nitrogens with zero attached hydrogens (tertiary/aromatic N) is 3. The zero-order chi connectivity index (χ0) is 22.2. The van der Waals surface area contributed by atoms with Gasteiger partial charge in [-0.05, 0) is 73.4 Å². The summed E-state index contributed by atoms with van der Waals surface area (Å²) in [6.45, 7) is 5.25. The molecule has 1 N–H and O–H groups in total. The van der Waals surface area contributed by atoms with Crippen molar-refractivity contribution in [2.75, 3.05) is 23.9 Å². The maximum Gasteiger partial charge on any atom is 0.229 e. The molecule has 2 heterocycles. The number of fused-ring (bicyclic) bond motifs is 2. The summed E-state index contributed by atoms with van der Waals surface area (Å²) in [6, 6.07) is 18.8. The van der Waals surface area contributed by atoms with Crippen LogP contribution in [0.1, 0.15) is 29.7 Å². The molecule has 0 amide bonds. The molecule has 1 atom stereocenters. The van der Waals surface area contributed by atoms with Crippen LogP contribution < -0.4 is 15.0 Å². The number of para-hydroxylation sites is 1. The van der Waals surface area contributed by atoms with Gasteiger partial charge in [0.2, 0.25) is 5.95 Å². The van der Waals surface area contributed by atoms with Crippen molar-refractivity contribution in [3.63, 3.8) is 0 Å². The molecule has 32 heavy (non-hydrogen) atoms. The van der Waals surface area contributed by atoms with Gasteiger partial charge in [-0.1, -0.05) is 24.3 Å². The van der Waals surface area contributed by atoms with Gasteiger partial charge in [0.15, 0.2) is 0 Å². The van der Waals surface area contributed by atoms with Crippen molar-refractivity contribution >= 4 is 28.4 Å². The number of aromatic nitrogens is 2. The lowest BCUT2D eigenvalue weighted by Gasteiger charge is -2.37. The Morgan fingerprint density at radius 3 is 2.59 bits per heavy atom. The molecule has 0 bridgehead atoms. The number of hydrogen-bond donors (Lipinski definition) is 1. The summed E-state index contributed by atoms with van der Waals surface area (Å²) in [5, 5.41) is 4.17. The Bertz CT molecular complexity index is 1290. The predicted molar refractivity (Wildman–Crippen MR) is 126 cm³/mol. The van der Waals surface area contributed by atoms with Crippen molar-refractivity contribution in [2.45, 2.75) is 26.3 Å². The average Bonchev–Trinajstić information content (AvgIpc) is 2.80. The second-order valence-corrected chi connectivity index (χ2v) is 8.13. The molecule has 1 aliphatic rings. The molecule has 1 unspecified atom stereocenters. The first kappa shape index (κ1) is 20.2. The number of benzene rings is 3. The summed E-state index contributed by atoms with van der Waals surface area (Å²) in [6.07, 6.45) is 0.956. The van der Waals surface area contributed by atoms with Gasteiger partial charge < -0.3 is 15.0 Å². The summed E-state index contributed by atoms with van der Waals surface area (Å²) in [5.74, 6) is 1.72. The summed E-state index contributed by atoms with van der Waals surface area (Å²) in [5.41, 5.74) is 5.52. The number of ether oxygens (including phenoxy) is 1. The molecule has 0 spiro atoms. The minimum atomic E-state index is -0.284. The number of hydrogen-bond acceptors (Lipinski definition) is 5. The SMILES string of the molecule is COc1cccc2c(N3CCc4cccc(C)c4C3C)nc(Nc3ccc(F)cc3)nc12. The Hall–Kier alpha value is -3.67. The molecule has 5 rings (SSSR count). The molecule has 0 radical (unpaired) electrons. The predicted octanol–water partition coefficient (Wildman–Crippen LogP) is 5.95. The Morgan fingerprint density at radius 2 is 1.81 bits per heavy atom. The summed E-state index contributed by atoms with van der Waals surface area (Å²) < 4.78 is 19.0. The monoisotopic (exact) mass is 428 g/mol. The lowest BCUT2D eigenvalue weighted by Crippen LogP contribution is -2.35. The van der Waals surface area contributed by atoms with Crippen LogP contribution in [-0.4, -0.2) is 23.6 Å². The van der Waals surface area contributed by atoms with Crippen LogP contribution in [0.5, 0.6) is 5.75 Å². The molecule has 0 saturated heterocycles. The van der Waals surface area contributed by atoms with Crippen LogP contribution in [0.25, 0.3) is 10.9 Å². The van der Waals surface area contributed by atoms with Gasteiger partial charge in [-0.3, -0.25) is 0 Å². The van der Waals surface area contributed by atoms with Crippen molar-refractivity contribution in [2.24, 2.45) is 0 Å². The lowest BCUT2D eigenvalue weighted by molar-refractivity contribution is 0.419. The smallest absolute Gasteiger partial charge is 0.229 e. The number of methoxy groups -OCH3 is 1. The lowest BCUT2D eigenvalue weighted by atomic mass is 9.90. The van der Waals surface area contributed by atoms with Crippen LogP contribution in [0.3, 0.4) is 0 Å². The number of anilines is 3. The van der Waals surface area contributed by atoms with Gasteiger partial charge in [-0.15, -0.1) is 0 Å². The van der Waals surface area contributed by atoms with E-state index in [4.69, 9.17) is 14.7 Å². The molecule has 1 aromatic heterocycles. The van der Waals surface area contributed by atoms with Gasteiger partial charge in [0, 0.05) is 17.6 Å². The first-order valence-electron chi connectivity index (χ1n) is 10.8. The Balaban J connectivity index is 1.64. The molecular weight excluding hydrogens is 403 g/mol. The van der Waals surface area contributed by atoms with Gasteiger partial charge >= 0.3 is 0 Å². The van der Waals surface area contributed by atoms with Crippen molar-refractivity contribution < 1.29 is 9.13 Å². The summed E-state index contributed by atoms with van der Waals surface area (Å²) in [4.78, 5) is 12.0. The van der Waals surface area contributed by atoms with Gasteiger partial charge in [-0.25, -0.2) is 9.37 Å². The highest BCUT2D eigenvalue weighted by atomic mass is 19.1. The standard InChI is InChI=1S/C26H25FN4O/c1-16-6-4-7-18-14-15-31(17(2)23(16)18)25-21-8-5-9-22(32-3)24(21)29-26(30-25)28-20-12-10-19(27)11-13-20/h4-13,17H,14-15H2,1-3H3,(H,28,29,30). The first-order valence-corrected chi connectivity index (χ1v) is 10.8. The number of halogens is 1. The van der Waals surface area contributed by atoms with Crippen LogP contribution in [0.15, 0.2) is 60.7 Å². The van der Waals surface area contributed by atoms with Crippen LogP contribution in [0, 0.1) is 12.7 Å². The Labute approximate surface area is 186 Å². The van der Waals surface area contributed by atoms with Gasteiger partial charge in [0.25, 0.3) is 0 Å². The molecule has 1 aliphatic heterocycles. The van der Waals surface area contributed by atoms with E-state index in [9.17, 15) is 4.39 Å². The quantitative estimate of drug-likeness (QED) is 0.435. The molecule has 3 aromatic carbocycles. The number of aryl methyl sites for hydroxylation is 1. The zero-order valence-electron chi connectivity index (χ0n) is 18.4. The highest BCUT2D eigenvalue weighted by Crippen LogP contribution is 2.39. The van der Waals surface area contributed by atoms with Crippen LogP contribution in [0.2, 0.25) is 0 Å². The van der Waals surface area contributed by atoms with E-state index in [-0.39, 0.29) is 11.9 Å². The summed E-state index contributed by atoms with van der Waals surface area (Å²) in [7, 11) is 1.65. The molecule has 0 aliphatic carbocycles. The highest BCUT2D eigenvalue weighted by molar-refractivity contribution is 5.95. The van der Waals surface area contributed by atoms with Crippen molar-refractivity contribution in [1.82, 2.24) is 9.97 Å². The number of nitrogens with one attached hydrogen (secondary N) is 1. The van der Waals surface area contributed by atoms with E-state index >= 15 is 0 Å². The second-order valence-electron chi connectivity index (χ2n) is 8.13. The van der Waals surface area contributed by atoms with Crippen LogP contribution in [0.4, 0.5) is 21.8 Å². The fourth-order valence-corrected chi connectivity index (χ4v) is 4.65. The van der Waals surface area contributed by atoms with E-state index in [0.717, 1.165) is 35.4 Å². The van der Waals surface area contributed by atoms with E-state index in [0.29, 0.717) is 11.7 Å². The molecule has 4 aromatic rings. The average molecular weight is 429 g/mol. The second kappa shape index (κ2) is 8.11. The molecule has 0 saturated carbocycles. The Morgan fingerprint density at radius 1 is 1.03 bits per heavy atom. The Kier molecular flexibility index (Phi) is 5.13. The van der Waals surface area contributed by atoms with E-state index < -0.39 is 0 Å². The van der Waals surface area contributed by atoms with Crippen molar-refractivity contribution in [1.29, 1.82) is 0 Å². The minimum absolute atomic E-state index is 0.169. The minimum Gasteiger partial charge on any atom is -0.494 e. The highest BCUT2D eigenvalue weighted by Gasteiger charge is 2.28. The van der Waals surface area contributed by atoms with E-state index in [2.05, 4.69) is 42.3 Å². The third-order valence-electron chi connectivity index (χ3n) is 6.18. The van der Waals surface area contributed by atoms with E-state index in [1.165, 1.54) is 28.8 Å². The fourth-order valence-electron chi connectivity index (χ4n) is 4.65. The number of rotatable bonds is 4. The zero-order valence-corrected chi connectivity index (χ0v) is 18.4. The third-order valence-corrected chi connectivity index (χ3v) is 6.18. The topological polar surface area (TPSA) is 50.3 Å². The van der Waals surface area contributed by atoms with Crippen molar-refractivity contribution in [3.05, 3.63) is 83.2 Å². The normalized spacial score (nSPS) is 15.5. The molecule has 0 fully saturated rings. The van der Waals surface area contributed by atoms with Crippen molar-refractivity contribution in [3.8, 4) is 5.75 Å². The van der Waals surface area contributed by atoms with Gasteiger partial charge in [-0.2, -0.15) is 4.98 Å². The summed E-state index contributed by atoms with van der Waals surface area (Å²) >= 11 is 0. The molecule has 6 heteroatoms. The molecule has 5 nitrogen and oxygen atoms in total. The van der Waals surface area contributed by atoms with Crippen LogP contribution in [-0.2, 0) is 6.42 Å². The fraction of sp³-hybridized carbons (Fsp3) is 0.231. The maximum absolute atomic E-state index is 13.4. The molecule has 162 valence electrons. The van der Waals surface area contributed by atoms with E-state index in [1.807, 2.05) is 18.2 Å². The first-order chi connectivity index (χ1) is 15.5. The van der Waals surface area contributed by atoms with Gasteiger partial charge in [0.1, 0.15) is 22.9 Å². The maximum atomic E-state index is 13.4. The van der Waals surface area contributed by atoms with Crippen LogP contribution >= 0.6 is 0 Å².